The van der Waals surface area contributed by atoms with E-state index in [2.05, 4.69) is 6.58 Å². The van der Waals surface area contributed by atoms with E-state index < -0.39 is 25.6 Å². The van der Waals surface area contributed by atoms with Gasteiger partial charge in [-0.1, -0.05) is 6.58 Å². The maximum atomic E-state index is 12.7. The lowest BCUT2D eigenvalue weighted by Crippen LogP contribution is -2.52. The van der Waals surface area contributed by atoms with Gasteiger partial charge in [0.15, 0.2) is 0 Å². The molecule has 10 heteroatoms. The highest BCUT2D eigenvalue weighted by Crippen LogP contribution is 2.49. The molecule has 2 saturated heterocycles. The molecule has 2 heterocycles. The molecule has 2 rings (SSSR count). The molecule has 2 fully saturated rings. The van der Waals surface area contributed by atoms with Crippen LogP contribution in [0.2, 0.25) is 0 Å². The minimum atomic E-state index is -4.77. The van der Waals surface area contributed by atoms with Crippen molar-refractivity contribution in [3.8, 4) is 0 Å². The van der Waals surface area contributed by atoms with Crippen molar-refractivity contribution in [2.45, 2.75) is 103 Å². The number of phosphoric acid groups is 1. The number of rotatable bonds is 11. The van der Waals surface area contributed by atoms with Gasteiger partial charge in [0.2, 0.25) is 0 Å². The van der Waals surface area contributed by atoms with Gasteiger partial charge < -0.3 is 38.6 Å². The zero-order chi connectivity index (χ0) is 22.7. The first kappa shape index (κ1) is 25.7. The summed E-state index contributed by atoms with van der Waals surface area (Å²) in [5, 5.41) is 0. The Hall–Kier alpha value is -0.510. The molecule has 0 aliphatic carbocycles. The van der Waals surface area contributed by atoms with Crippen molar-refractivity contribution in [2.24, 2.45) is 5.73 Å². The Balaban J connectivity index is 2.07. The van der Waals surface area contributed by atoms with Gasteiger partial charge >= 0.3 is 7.82 Å². The molecule has 2 unspecified atom stereocenters. The van der Waals surface area contributed by atoms with Crippen LogP contribution in [0.25, 0.3) is 0 Å². The largest absolute Gasteiger partial charge is 0.746 e. The molecule has 7 atom stereocenters. The first-order valence-electron chi connectivity index (χ1n) is 10.6. The molecule has 0 saturated carbocycles. The van der Waals surface area contributed by atoms with Gasteiger partial charge in [0.05, 0.1) is 37.1 Å². The first-order valence-corrected chi connectivity index (χ1v) is 12.0. The summed E-state index contributed by atoms with van der Waals surface area (Å²) >= 11 is 0. The van der Waals surface area contributed by atoms with Crippen molar-refractivity contribution >= 4 is 7.82 Å². The van der Waals surface area contributed by atoms with Crippen molar-refractivity contribution in [1.82, 2.24) is 0 Å². The molecule has 0 amide bonds. The summed E-state index contributed by atoms with van der Waals surface area (Å²) < 4.78 is 46.5. The second kappa shape index (κ2) is 10.4. The van der Waals surface area contributed by atoms with Crippen LogP contribution in [-0.4, -0.2) is 61.5 Å². The topological polar surface area (TPSA) is 122 Å². The number of ether oxygens (including phenoxy) is 4. The van der Waals surface area contributed by atoms with Crippen molar-refractivity contribution in [2.75, 3.05) is 13.2 Å². The molecular formula is C20H37NO8P-. The van der Waals surface area contributed by atoms with Gasteiger partial charge in [0, 0.05) is 19.4 Å². The zero-order valence-corrected chi connectivity index (χ0v) is 19.8. The van der Waals surface area contributed by atoms with Gasteiger partial charge in [-0.2, -0.15) is 0 Å². The van der Waals surface area contributed by atoms with Crippen LogP contribution in [-0.2, 0) is 32.6 Å². The molecule has 2 aliphatic heterocycles. The van der Waals surface area contributed by atoms with Gasteiger partial charge in [-0.05, 0) is 41.5 Å². The van der Waals surface area contributed by atoms with Gasteiger partial charge in [0.25, 0.3) is 0 Å². The minimum Gasteiger partial charge on any atom is -0.746 e. The van der Waals surface area contributed by atoms with E-state index >= 15 is 0 Å². The number of hydrogen-bond acceptors (Lipinski definition) is 9. The van der Waals surface area contributed by atoms with Crippen molar-refractivity contribution < 1.29 is 37.5 Å². The van der Waals surface area contributed by atoms with Crippen LogP contribution in [0.1, 0.15) is 54.4 Å². The fourth-order valence-electron chi connectivity index (χ4n) is 3.83. The van der Waals surface area contributed by atoms with E-state index in [1.165, 1.54) is 0 Å². The molecule has 0 bridgehead atoms. The summed E-state index contributed by atoms with van der Waals surface area (Å²) in [5.74, 6) is -0.0629. The van der Waals surface area contributed by atoms with E-state index in [0.29, 0.717) is 12.8 Å². The second-order valence-electron chi connectivity index (χ2n) is 8.72. The number of nitrogens with two attached hydrogens (primary N) is 1. The SMILES string of the molecule is C=C(OP(=O)([O-])O[C@@H]1C[C@H](C)O[C@]1(CN)COC(C)C)[C@H]1O[C@@H](C)CC1OC(C)C. The summed E-state index contributed by atoms with van der Waals surface area (Å²) in [6.07, 6.45) is -1.36. The average Bonchev–Trinajstić information content (AvgIpc) is 3.11. The number of hydrogen-bond donors (Lipinski definition) is 1. The van der Waals surface area contributed by atoms with E-state index in [1.807, 2.05) is 41.5 Å². The molecule has 0 radical (unpaired) electrons. The Labute approximate surface area is 179 Å². The van der Waals surface area contributed by atoms with Crippen LogP contribution >= 0.6 is 7.82 Å². The molecule has 9 nitrogen and oxygen atoms in total. The van der Waals surface area contributed by atoms with Crippen LogP contribution in [0.4, 0.5) is 0 Å². The maximum Gasteiger partial charge on any atom is 0.319 e. The maximum absolute atomic E-state index is 12.7. The Morgan fingerprint density at radius 1 is 1.23 bits per heavy atom. The summed E-state index contributed by atoms with van der Waals surface area (Å²) in [4.78, 5) is 12.7. The van der Waals surface area contributed by atoms with Gasteiger partial charge in [-0.3, -0.25) is 4.57 Å². The molecule has 0 spiro atoms. The van der Waals surface area contributed by atoms with Crippen LogP contribution in [0.15, 0.2) is 12.3 Å². The van der Waals surface area contributed by atoms with Crippen molar-refractivity contribution in [3.63, 3.8) is 0 Å². The quantitative estimate of drug-likeness (QED) is 0.373. The Morgan fingerprint density at radius 2 is 1.90 bits per heavy atom. The third-order valence-electron chi connectivity index (χ3n) is 5.11. The monoisotopic (exact) mass is 450 g/mol. The lowest BCUT2D eigenvalue weighted by molar-refractivity contribution is -0.234. The van der Waals surface area contributed by atoms with Crippen LogP contribution < -0.4 is 10.6 Å². The highest BCUT2D eigenvalue weighted by atomic mass is 31.2. The second-order valence-corrected chi connectivity index (χ2v) is 10.0. The molecule has 2 aliphatic rings. The van der Waals surface area contributed by atoms with E-state index in [1.54, 1.807) is 0 Å². The van der Waals surface area contributed by atoms with Crippen LogP contribution in [0.5, 0.6) is 0 Å². The summed E-state index contributed by atoms with van der Waals surface area (Å²) in [5.41, 5.74) is 4.86. The Bertz CT molecular complexity index is 630. The highest BCUT2D eigenvalue weighted by molar-refractivity contribution is 7.46. The Kier molecular flexibility index (Phi) is 8.93. The predicted octanol–water partition coefficient (Wildman–Crippen LogP) is 2.27. The minimum absolute atomic E-state index is 0.0437. The van der Waals surface area contributed by atoms with E-state index in [-0.39, 0.29) is 49.4 Å². The number of phosphoric ester groups is 1. The van der Waals surface area contributed by atoms with E-state index in [4.69, 9.17) is 33.7 Å². The third kappa shape index (κ3) is 6.74. The van der Waals surface area contributed by atoms with Crippen molar-refractivity contribution in [3.05, 3.63) is 12.3 Å². The van der Waals surface area contributed by atoms with E-state index in [9.17, 15) is 9.46 Å². The third-order valence-corrected chi connectivity index (χ3v) is 6.08. The summed E-state index contributed by atoms with van der Waals surface area (Å²) in [6, 6.07) is 0. The van der Waals surface area contributed by atoms with Crippen LogP contribution in [0, 0.1) is 0 Å². The van der Waals surface area contributed by atoms with Crippen LogP contribution in [0.3, 0.4) is 0 Å². The molecule has 0 aromatic rings. The normalized spacial score (nSPS) is 36.4. The predicted molar refractivity (Wildman–Crippen MR) is 110 cm³/mol. The molecule has 176 valence electrons. The fraction of sp³-hybridized carbons (Fsp3) is 0.900. The highest BCUT2D eigenvalue weighted by Gasteiger charge is 2.50. The summed E-state index contributed by atoms with van der Waals surface area (Å²) in [6.45, 7) is 15.2. The van der Waals surface area contributed by atoms with Gasteiger partial charge in [-0.15, -0.1) is 0 Å². The Morgan fingerprint density at radius 3 is 2.47 bits per heavy atom. The molecule has 2 N–H and O–H groups in total. The standard InChI is InChI=1S/C20H38NO8P/c1-12(2)24-11-20(10-21)18(9-15(6)27-20)29-30(22,23)28-16(7)19-17(25-13(3)4)8-14(5)26-19/h12-15,17-19H,7-11,21H2,1-6H3,(H,22,23)/p-1/t14-,15-,17?,18+,19+,20+/m0/s1. The lowest BCUT2D eigenvalue weighted by atomic mass is 9.97. The van der Waals surface area contributed by atoms with Gasteiger partial charge in [-0.25, -0.2) is 0 Å². The fourth-order valence-corrected chi connectivity index (χ4v) is 4.85. The first-order chi connectivity index (χ1) is 13.9. The van der Waals surface area contributed by atoms with Gasteiger partial charge in [0.1, 0.15) is 23.6 Å². The van der Waals surface area contributed by atoms with E-state index in [0.717, 1.165) is 0 Å². The smallest absolute Gasteiger partial charge is 0.319 e. The lowest BCUT2D eigenvalue weighted by Gasteiger charge is -2.37. The molecule has 0 aromatic carbocycles. The summed E-state index contributed by atoms with van der Waals surface area (Å²) in [7, 11) is -4.77. The molecule has 0 aromatic heterocycles. The zero-order valence-electron chi connectivity index (χ0n) is 18.9. The average molecular weight is 450 g/mol. The van der Waals surface area contributed by atoms with Crippen molar-refractivity contribution in [1.29, 1.82) is 0 Å². The molecule has 30 heavy (non-hydrogen) atoms. The molecular weight excluding hydrogens is 413 g/mol.